The van der Waals surface area contributed by atoms with E-state index < -0.39 is 25.9 Å². The number of nitrogens with one attached hydrogen (secondary N) is 2. The first-order valence-electron chi connectivity index (χ1n) is 6.15. The highest BCUT2D eigenvalue weighted by atomic mass is 32.2. The first kappa shape index (κ1) is 17.9. The number of sulfonamides is 1. The van der Waals surface area contributed by atoms with Gasteiger partial charge in [0.1, 0.15) is 4.90 Å². The van der Waals surface area contributed by atoms with Gasteiger partial charge in [0.25, 0.3) is 0 Å². The first-order chi connectivity index (χ1) is 9.61. The lowest BCUT2D eigenvalue weighted by atomic mass is 10.3. The summed E-state index contributed by atoms with van der Waals surface area (Å²) in [5.74, 6) is 0. The van der Waals surface area contributed by atoms with E-state index in [0.717, 1.165) is 12.3 Å². The van der Waals surface area contributed by atoms with Crippen LogP contribution in [-0.4, -0.2) is 49.9 Å². The van der Waals surface area contributed by atoms with Crippen LogP contribution in [0.2, 0.25) is 0 Å². The van der Waals surface area contributed by atoms with E-state index in [2.05, 4.69) is 10.0 Å². The standard InChI is InChI=1S/C12H20N2O5S2/c1-9(8-19-3)14-21(17,18)12-7-10(20(4,15)16)5-6-11(12)13-2/h5-7,9,13-14H,8H2,1-4H3. The van der Waals surface area contributed by atoms with Gasteiger partial charge in [0.15, 0.2) is 9.84 Å². The Kier molecular flexibility index (Phi) is 5.74. The van der Waals surface area contributed by atoms with Gasteiger partial charge in [-0.3, -0.25) is 0 Å². The van der Waals surface area contributed by atoms with Crippen molar-refractivity contribution < 1.29 is 21.6 Å². The predicted octanol–water partition coefficient (Wildman–Crippen LogP) is 0.445. The molecule has 0 saturated heterocycles. The van der Waals surface area contributed by atoms with Crippen molar-refractivity contribution in [1.82, 2.24) is 4.72 Å². The molecule has 1 rings (SSSR count). The fraction of sp³-hybridized carbons (Fsp3) is 0.500. The summed E-state index contributed by atoms with van der Waals surface area (Å²) in [5, 5.41) is 2.74. The number of anilines is 1. The van der Waals surface area contributed by atoms with E-state index in [0.29, 0.717) is 5.69 Å². The molecule has 0 aromatic heterocycles. The van der Waals surface area contributed by atoms with Gasteiger partial charge in [-0.15, -0.1) is 0 Å². The third kappa shape index (κ3) is 4.67. The summed E-state index contributed by atoms with van der Waals surface area (Å²) in [6, 6.07) is 3.49. The van der Waals surface area contributed by atoms with E-state index in [1.165, 1.54) is 19.2 Å². The lowest BCUT2D eigenvalue weighted by Gasteiger charge is -2.16. The second-order valence-electron chi connectivity index (χ2n) is 4.66. The van der Waals surface area contributed by atoms with Crippen LogP contribution in [0.4, 0.5) is 5.69 Å². The van der Waals surface area contributed by atoms with E-state index in [1.807, 2.05) is 0 Å². The normalized spacial score (nSPS) is 13.9. The van der Waals surface area contributed by atoms with Crippen LogP contribution in [-0.2, 0) is 24.6 Å². The fourth-order valence-corrected chi connectivity index (χ4v) is 3.96. The zero-order valence-electron chi connectivity index (χ0n) is 12.4. The summed E-state index contributed by atoms with van der Waals surface area (Å²) in [5.41, 5.74) is 0.319. The maximum atomic E-state index is 12.4. The van der Waals surface area contributed by atoms with Gasteiger partial charge in [-0.1, -0.05) is 0 Å². The first-order valence-corrected chi connectivity index (χ1v) is 9.52. The van der Waals surface area contributed by atoms with E-state index in [-0.39, 0.29) is 16.4 Å². The molecule has 2 N–H and O–H groups in total. The van der Waals surface area contributed by atoms with Crippen LogP contribution >= 0.6 is 0 Å². The van der Waals surface area contributed by atoms with E-state index in [4.69, 9.17) is 4.74 Å². The number of hydrogen-bond donors (Lipinski definition) is 2. The molecule has 0 bridgehead atoms. The molecule has 0 heterocycles. The van der Waals surface area contributed by atoms with Crippen molar-refractivity contribution in [3.8, 4) is 0 Å². The molecule has 0 aliphatic rings. The molecule has 1 aromatic carbocycles. The summed E-state index contributed by atoms with van der Waals surface area (Å²) < 4.78 is 55.2. The van der Waals surface area contributed by atoms with E-state index in [1.54, 1.807) is 14.0 Å². The quantitative estimate of drug-likeness (QED) is 0.749. The van der Waals surface area contributed by atoms with Gasteiger partial charge in [-0.05, 0) is 25.1 Å². The molecule has 0 radical (unpaired) electrons. The third-order valence-electron chi connectivity index (χ3n) is 2.71. The van der Waals surface area contributed by atoms with Crippen molar-refractivity contribution in [1.29, 1.82) is 0 Å². The summed E-state index contributed by atoms with van der Waals surface area (Å²) in [4.78, 5) is -0.169. The molecule has 0 saturated carbocycles. The number of sulfone groups is 1. The molecule has 1 atom stereocenters. The Morgan fingerprint density at radius 1 is 1.24 bits per heavy atom. The van der Waals surface area contributed by atoms with Gasteiger partial charge in [-0.2, -0.15) is 0 Å². The number of ether oxygens (including phenoxy) is 1. The smallest absolute Gasteiger partial charge is 0.242 e. The Morgan fingerprint density at radius 2 is 1.86 bits per heavy atom. The Bertz CT molecular complexity index is 698. The monoisotopic (exact) mass is 336 g/mol. The number of methoxy groups -OCH3 is 1. The van der Waals surface area contributed by atoms with Gasteiger partial charge >= 0.3 is 0 Å². The van der Waals surface area contributed by atoms with Crippen molar-refractivity contribution in [3.05, 3.63) is 18.2 Å². The molecule has 0 aliphatic carbocycles. The molecule has 21 heavy (non-hydrogen) atoms. The molecule has 1 aromatic rings. The zero-order valence-corrected chi connectivity index (χ0v) is 14.0. The van der Waals surface area contributed by atoms with Crippen LogP contribution in [0.5, 0.6) is 0 Å². The second-order valence-corrected chi connectivity index (χ2v) is 8.36. The summed E-state index contributed by atoms with van der Waals surface area (Å²) >= 11 is 0. The molecule has 120 valence electrons. The van der Waals surface area contributed by atoms with Gasteiger partial charge in [0, 0.05) is 26.5 Å². The topological polar surface area (TPSA) is 102 Å². The van der Waals surface area contributed by atoms with Gasteiger partial charge in [0.05, 0.1) is 17.2 Å². The molecule has 0 fully saturated rings. The summed E-state index contributed by atoms with van der Waals surface area (Å²) in [6.45, 7) is 1.86. The molecular formula is C12H20N2O5S2. The fourth-order valence-electron chi connectivity index (χ4n) is 1.77. The van der Waals surface area contributed by atoms with Crippen molar-refractivity contribution in [2.24, 2.45) is 0 Å². The zero-order chi connectivity index (χ0) is 16.3. The molecule has 7 nitrogen and oxygen atoms in total. The average molecular weight is 336 g/mol. The maximum absolute atomic E-state index is 12.4. The van der Waals surface area contributed by atoms with Crippen LogP contribution in [0.25, 0.3) is 0 Å². The largest absolute Gasteiger partial charge is 0.387 e. The molecule has 0 spiro atoms. The maximum Gasteiger partial charge on any atom is 0.242 e. The number of benzene rings is 1. The Morgan fingerprint density at radius 3 is 2.33 bits per heavy atom. The Balaban J connectivity index is 3.32. The van der Waals surface area contributed by atoms with Crippen LogP contribution in [0, 0.1) is 0 Å². The van der Waals surface area contributed by atoms with E-state index >= 15 is 0 Å². The molecule has 0 amide bonds. The minimum absolute atomic E-state index is 0.0544. The van der Waals surface area contributed by atoms with Crippen molar-refractivity contribution in [2.45, 2.75) is 22.8 Å². The second kappa shape index (κ2) is 6.73. The minimum atomic E-state index is -3.86. The number of rotatable bonds is 7. The van der Waals surface area contributed by atoms with Crippen LogP contribution in [0.3, 0.4) is 0 Å². The Labute approximate surface area is 125 Å². The highest BCUT2D eigenvalue weighted by Crippen LogP contribution is 2.24. The molecular weight excluding hydrogens is 316 g/mol. The van der Waals surface area contributed by atoms with Crippen LogP contribution in [0.1, 0.15) is 6.92 Å². The van der Waals surface area contributed by atoms with Crippen LogP contribution < -0.4 is 10.0 Å². The SMILES string of the molecule is CNc1ccc(S(C)(=O)=O)cc1S(=O)(=O)NC(C)COC. The van der Waals surface area contributed by atoms with Crippen LogP contribution in [0.15, 0.2) is 28.0 Å². The highest BCUT2D eigenvalue weighted by molar-refractivity contribution is 7.91. The molecule has 1 unspecified atom stereocenters. The lowest BCUT2D eigenvalue weighted by molar-refractivity contribution is 0.180. The van der Waals surface area contributed by atoms with Crippen molar-refractivity contribution >= 4 is 25.5 Å². The Hall–Kier alpha value is -1.16. The summed E-state index contributed by atoms with van der Waals surface area (Å²) in [7, 11) is -4.33. The van der Waals surface area contributed by atoms with Gasteiger partial charge in [-0.25, -0.2) is 21.6 Å². The molecule has 0 aliphatic heterocycles. The lowest BCUT2D eigenvalue weighted by Crippen LogP contribution is -2.36. The van der Waals surface area contributed by atoms with Crippen molar-refractivity contribution in [2.75, 3.05) is 32.3 Å². The highest BCUT2D eigenvalue weighted by Gasteiger charge is 2.23. The predicted molar refractivity (Wildman–Crippen MR) is 80.8 cm³/mol. The minimum Gasteiger partial charge on any atom is -0.387 e. The van der Waals surface area contributed by atoms with Gasteiger partial charge < -0.3 is 10.1 Å². The van der Waals surface area contributed by atoms with Gasteiger partial charge in [0.2, 0.25) is 10.0 Å². The molecule has 9 heteroatoms. The van der Waals surface area contributed by atoms with Crippen molar-refractivity contribution in [3.63, 3.8) is 0 Å². The summed E-state index contributed by atoms with van der Waals surface area (Å²) in [6.07, 6.45) is 1.03. The average Bonchev–Trinajstić information content (AvgIpc) is 2.36. The van der Waals surface area contributed by atoms with E-state index in [9.17, 15) is 16.8 Å². The number of hydrogen-bond acceptors (Lipinski definition) is 6. The third-order valence-corrected chi connectivity index (χ3v) is 5.45.